The highest BCUT2D eigenvalue weighted by molar-refractivity contribution is 5.80. The van der Waals surface area contributed by atoms with Crippen LogP contribution in [0, 0.1) is 5.92 Å². The number of tetrazole rings is 1. The van der Waals surface area contributed by atoms with E-state index in [4.69, 9.17) is 14.2 Å². The summed E-state index contributed by atoms with van der Waals surface area (Å²) in [5, 5.41) is 13.5. The standard InChI is InChI=1S/C28H32N6O5/c1-4-39-28(36)19-11-13-33(14-12-19)25(23-15-20-7-10-22(38-3)16-24(20)29-27(23)35)26-30-31-32-34(26)17-18-5-8-21(37-2)9-6-18/h5-10,15-16,19,25H,4,11-14,17H2,1-3H3,(H,29,35)/t25-/m0/s1. The molecule has 204 valence electrons. The van der Waals surface area contributed by atoms with Crippen molar-refractivity contribution in [1.82, 2.24) is 30.1 Å². The lowest BCUT2D eigenvalue weighted by atomic mass is 9.94. The first kappa shape index (κ1) is 26.4. The van der Waals surface area contributed by atoms with Gasteiger partial charge in [0.15, 0.2) is 5.82 Å². The Hall–Kier alpha value is -4.25. The zero-order valence-corrected chi connectivity index (χ0v) is 22.3. The summed E-state index contributed by atoms with van der Waals surface area (Å²) in [6, 6.07) is 14.6. The van der Waals surface area contributed by atoms with Gasteiger partial charge in [-0.25, -0.2) is 4.68 Å². The molecule has 0 amide bonds. The third kappa shape index (κ3) is 5.63. The van der Waals surface area contributed by atoms with E-state index in [2.05, 4.69) is 25.4 Å². The Labute approximate surface area is 225 Å². The van der Waals surface area contributed by atoms with Gasteiger partial charge in [-0.3, -0.25) is 14.5 Å². The van der Waals surface area contributed by atoms with Gasteiger partial charge in [0.1, 0.15) is 17.5 Å². The average Bonchev–Trinajstić information content (AvgIpc) is 3.41. The van der Waals surface area contributed by atoms with Gasteiger partial charge in [0.05, 0.1) is 38.8 Å². The third-order valence-corrected chi connectivity index (χ3v) is 7.19. The lowest BCUT2D eigenvalue weighted by molar-refractivity contribution is -0.149. The number of carbonyl (C=O) groups is 1. The molecular weight excluding hydrogens is 500 g/mol. The van der Waals surface area contributed by atoms with Crippen molar-refractivity contribution in [3.63, 3.8) is 0 Å². The molecule has 11 heteroatoms. The molecule has 2 aromatic heterocycles. The number of piperidine rings is 1. The Balaban J connectivity index is 1.53. The highest BCUT2D eigenvalue weighted by Crippen LogP contribution is 2.32. The van der Waals surface area contributed by atoms with Gasteiger partial charge in [0.2, 0.25) is 0 Å². The predicted molar refractivity (Wildman–Crippen MR) is 144 cm³/mol. The van der Waals surface area contributed by atoms with Crippen LogP contribution in [0.2, 0.25) is 0 Å². The molecule has 0 unspecified atom stereocenters. The fourth-order valence-electron chi connectivity index (χ4n) is 5.10. The first-order chi connectivity index (χ1) is 19.0. The number of hydrogen-bond acceptors (Lipinski definition) is 9. The van der Waals surface area contributed by atoms with Crippen LogP contribution in [-0.2, 0) is 16.1 Å². The van der Waals surface area contributed by atoms with E-state index in [0.717, 1.165) is 16.7 Å². The molecule has 0 aliphatic carbocycles. The van der Waals surface area contributed by atoms with E-state index in [9.17, 15) is 9.59 Å². The van der Waals surface area contributed by atoms with Crippen molar-refractivity contribution in [1.29, 1.82) is 0 Å². The summed E-state index contributed by atoms with van der Waals surface area (Å²) < 4.78 is 17.6. The molecule has 3 heterocycles. The molecule has 4 aromatic rings. The van der Waals surface area contributed by atoms with E-state index in [1.807, 2.05) is 49.4 Å². The summed E-state index contributed by atoms with van der Waals surface area (Å²) in [5.74, 6) is 1.64. The van der Waals surface area contributed by atoms with Crippen LogP contribution in [0.4, 0.5) is 0 Å². The zero-order chi connectivity index (χ0) is 27.4. The van der Waals surface area contributed by atoms with Crippen molar-refractivity contribution in [2.75, 3.05) is 33.9 Å². The number of esters is 1. The quantitative estimate of drug-likeness (QED) is 0.324. The molecule has 39 heavy (non-hydrogen) atoms. The van der Waals surface area contributed by atoms with Crippen molar-refractivity contribution in [2.45, 2.75) is 32.4 Å². The molecule has 11 nitrogen and oxygen atoms in total. The van der Waals surface area contributed by atoms with Crippen LogP contribution in [0.25, 0.3) is 10.9 Å². The second-order valence-electron chi connectivity index (χ2n) is 9.51. The molecule has 1 N–H and O–H groups in total. The molecule has 0 bridgehead atoms. The average molecular weight is 533 g/mol. The van der Waals surface area contributed by atoms with E-state index in [1.54, 1.807) is 25.0 Å². The fraction of sp³-hybridized carbons (Fsp3) is 0.393. The third-order valence-electron chi connectivity index (χ3n) is 7.19. The number of benzene rings is 2. The Bertz CT molecular complexity index is 1490. The Morgan fingerprint density at radius 1 is 1.05 bits per heavy atom. The van der Waals surface area contributed by atoms with E-state index in [0.29, 0.717) is 61.7 Å². The van der Waals surface area contributed by atoms with Gasteiger partial charge in [-0.2, -0.15) is 0 Å². The van der Waals surface area contributed by atoms with Crippen LogP contribution in [0.1, 0.15) is 42.8 Å². The number of H-pyrrole nitrogens is 1. The second-order valence-corrected chi connectivity index (χ2v) is 9.51. The topological polar surface area (TPSA) is 124 Å². The molecule has 1 aliphatic heterocycles. The molecule has 0 saturated carbocycles. The van der Waals surface area contributed by atoms with Gasteiger partial charge in [0, 0.05) is 24.7 Å². The number of carbonyl (C=O) groups excluding carboxylic acids is 1. The highest BCUT2D eigenvalue weighted by atomic mass is 16.5. The molecule has 5 rings (SSSR count). The number of rotatable bonds is 9. The van der Waals surface area contributed by atoms with E-state index in [1.165, 1.54) is 0 Å². The van der Waals surface area contributed by atoms with Crippen molar-refractivity contribution in [3.05, 3.63) is 75.8 Å². The number of fused-ring (bicyclic) bond motifs is 1. The molecule has 1 atom stereocenters. The number of methoxy groups -OCH3 is 2. The Morgan fingerprint density at radius 3 is 2.46 bits per heavy atom. The van der Waals surface area contributed by atoms with Crippen molar-refractivity contribution < 1.29 is 19.0 Å². The number of pyridine rings is 1. The molecular formula is C28H32N6O5. The maximum absolute atomic E-state index is 13.5. The molecule has 0 radical (unpaired) electrons. The van der Waals surface area contributed by atoms with Crippen LogP contribution in [-0.4, -0.2) is 70.0 Å². The molecule has 2 aromatic carbocycles. The number of nitrogens with one attached hydrogen (secondary N) is 1. The fourth-order valence-corrected chi connectivity index (χ4v) is 5.10. The zero-order valence-electron chi connectivity index (χ0n) is 22.3. The van der Waals surface area contributed by atoms with Crippen LogP contribution < -0.4 is 15.0 Å². The number of nitrogens with zero attached hydrogens (tertiary/aromatic N) is 5. The van der Waals surface area contributed by atoms with Gasteiger partial charge in [-0.05, 0) is 71.5 Å². The van der Waals surface area contributed by atoms with Crippen molar-refractivity contribution in [3.8, 4) is 11.5 Å². The minimum absolute atomic E-state index is 0.167. The number of hydrogen-bond donors (Lipinski definition) is 1. The van der Waals surface area contributed by atoms with E-state index in [-0.39, 0.29) is 17.4 Å². The van der Waals surface area contributed by atoms with Gasteiger partial charge < -0.3 is 19.2 Å². The number of aromatic amines is 1. The smallest absolute Gasteiger partial charge is 0.309 e. The Kier molecular flexibility index (Phi) is 7.87. The van der Waals surface area contributed by atoms with E-state index < -0.39 is 6.04 Å². The SMILES string of the molecule is CCOC(=O)C1CCN([C@@H](c2cc3ccc(OC)cc3[nH]c2=O)c2nnnn2Cc2ccc(OC)cc2)CC1. The minimum Gasteiger partial charge on any atom is -0.497 e. The Morgan fingerprint density at radius 2 is 1.77 bits per heavy atom. The highest BCUT2D eigenvalue weighted by Gasteiger charge is 2.35. The van der Waals surface area contributed by atoms with E-state index >= 15 is 0 Å². The van der Waals surface area contributed by atoms with Gasteiger partial charge in [-0.1, -0.05) is 12.1 Å². The normalized spacial score (nSPS) is 15.3. The maximum Gasteiger partial charge on any atom is 0.309 e. The summed E-state index contributed by atoms with van der Waals surface area (Å²) in [4.78, 5) is 31.1. The number of aromatic nitrogens is 5. The van der Waals surface area contributed by atoms with Crippen LogP contribution in [0.5, 0.6) is 11.5 Å². The van der Waals surface area contributed by atoms with Crippen molar-refractivity contribution >= 4 is 16.9 Å². The minimum atomic E-state index is -0.517. The van der Waals surface area contributed by atoms with Crippen LogP contribution >= 0.6 is 0 Å². The summed E-state index contributed by atoms with van der Waals surface area (Å²) in [7, 11) is 3.22. The lowest BCUT2D eigenvalue weighted by Crippen LogP contribution is -2.42. The number of ether oxygens (including phenoxy) is 3. The first-order valence-corrected chi connectivity index (χ1v) is 13.0. The first-order valence-electron chi connectivity index (χ1n) is 13.0. The second kappa shape index (κ2) is 11.6. The molecule has 1 saturated heterocycles. The predicted octanol–water partition coefficient (Wildman–Crippen LogP) is 2.94. The summed E-state index contributed by atoms with van der Waals surface area (Å²) in [6.07, 6.45) is 1.25. The van der Waals surface area contributed by atoms with Crippen LogP contribution in [0.3, 0.4) is 0 Å². The molecule has 1 aliphatic rings. The largest absolute Gasteiger partial charge is 0.497 e. The van der Waals surface area contributed by atoms with Crippen LogP contribution in [0.15, 0.2) is 53.3 Å². The lowest BCUT2D eigenvalue weighted by Gasteiger charge is -2.36. The maximum atomic E-state index is 13.5. The summed E-state index contributed by atoms with van der Waals surface area (Å²) in [5.41, 5.74) is 1.98. The van der Waals surface area contributed by atoms with Gasteiger partial charge in [0.25, 0.3) is 5.56 Å². The van der Waals surface area contributed by atoms with Crippen molar-refractivity contribution in [2.24, 2.45) is 5.92 Å². The number of likely N-dealkylation sites (tertiary alicyclic amines) is 1. The summed E-state index contributed by atoms with van der Waals surface area (Å²) in [6.45, 7) is 3.77. The van der Waals surface area contributed by atoms with Gasteiger partial charge in [-0.15, -0.1) is 5.10 Å². The molecule has 0 spiro atoms. The monoisotopic (exact) mass is 532 g/mol. The van der Waals surface area contributed by atoms with Gasteiger partial charge >= 0.3 is 5.97 Å². The summed E-state index contributed by atoms with van der Waals surface area (Å²) >= 11 is 0. The molecule has 1 fully saturated rings.